The Bertz CT molecular complexity index is 660. The quantitative estimate of drug-likeness (QED) is 0.485. The lowest BCUT2D eigenvalue weighted by Gasteiger charge is -2.12. The number of hydrogen-bond donors (Lipinski definition) is 0. The lowest BCUT2D eigenvalue weighted by Crippen LogP contribution is -2.28. The molecule has 0 spiro atoms. The molecule has 124 valence electrons. The van der Waals surface area contributed by atoms with Crippen molar-refractivity contribution in [1.29, 1.82) is 0 Å². The van der Waals surface area contributed by atoms with Crippen LogP contribution in [0.15, 0.2) is 17.0 Å². The molecular formula is C16H18INO4S. The van der Waals surface area contributed by atoms with Crippen molar-refractivity contribution >= 4 is 51.6 Å². The van der Waals surface area contributed by atoms with Crippen molar-refractivity contribution in [3.63, 3.8) is 0 Å². The van der Waals surface area contributed by atoms with Gasteiger partial charge in [-0.1, -0.05) is 6.92 Å². The van der Waals surface area contributed by atoms with Gasteiger partial charge >= 0.3 is 0 Å². The second-order valence-electron chi connectivity index (χ2n) is 4.80. The van der Waals surface area contributed by atoms with Crippen molar-refractivity contribution in [1.82, 2.24) is 4.90 Å². The van der Waals surface area contributed by atoms with Crippen molar-refractivity contribution < 1.29 is 19.1 Å². The standard InChI is InChI=1S/C16H18INO4S/c1-4-6-18-15(19)13(23-16(18)20)9-10-7-11(17)14(22-5-2)12(8-10)21-3/h7-9H,4-6H2,1-3H3/b13-9-. The molecule has 0 unspecified atom stereocenters. The number of ether oxygens (including phenoxy) is 2. The Morgan fingerprint density at radius 1 is 1.30 bits per heavy atom. The minimum Gasteiger partial charge on any atom is -0.493 e. The van der Waals surface area contributed by atoms with Gasteiger partial charge in [0.25, 0.3) is 11.1 Å². The van der Waals surface area contributed by atoms with Gasteiger partial charge in [0.1, 0.15) is 0 Å². The van der Waals surface area contributed by atoms with E-state index in [1.165, 1.54) is 4.90 Å². The molecule has 0 aromatic heterocycles. The van der Waals surface area contributed by atoms with Gasteiger partial charge in [0, 0.05) is 6.54 Å². The molecule has 23 heavy (non-hydrogen) atoms. The number of halogens is 1. The molecule has 1 fully saturated rings. The van der Waals surface area contributed by atoms with Gasteiger partial charge in [-0.15, -0.1) is 0 Å². The monoisotopic (exact) mass is 447 g/mol. The van der Waals surface area contributed by atoms with Gasteiger partial charge in [0.2, 0.25) is 0 Å². The molecule has 2 amide bonds. The van der Waals surface area contributed by atoms with Crippen molar-refractivity contribution in [3.8, 4) is 11.5 Å². The number of benzene rings is 1. The number of methoxy groups -OCH3 is 1. The molecule has 2 rings (SSSR count). The first-order valence-corrected chi connectivity index (χ1v) is 9.17. The third-order valence-electron chi connectivity index (χ3n) is 3.16. The molecule has 1 aromatic carbocycles. The zero-order chi connectivity index (χ0) is 17.0. The Labute approximate surface area is 153 Å². The van der Waals surface area contributed by atoms with Crippen LogP contribution in [-0.2, 0) is 4.79 Å². The van der Waals surface area contributed by atoms with E-state index in [2.05, 4.69) is 22.6 Å². The summed E-state index contributed by atoms with van der Waals surface area (Å²) in [5.74, 6) is 1.06. The highest BCUT2D eigenvalue weighted by Crippen LogP contribution is 2.37. The van der Waals surface area contributed by atoms with Crippen LogP contribution in [0.5, 0.6) is 11.5 Å². The normalized spacial score (nSPS) is 16.3. The number of imide groups is 1. The Hall–Kier alpha value is -1.22. The first-order valence-electron chi connectivity index (χ1n) is 7.27. The Morgan fingerprint density at radius 2 is 2.04 bits per heavy atom. The maximum absolute atomic E-state index is 12.3. The van der Waals surface area contributed by atoms with E-state index in [1.54, 1.807) is 19.3 Å². The van der Waals surface area contributed by atoms with Crippen molar-refractivity contribution in [2.24, 2.45) is 0 Å². The molecular weight excluding hydrogens is 429 g/mol. The number of nitrogens with zero attached hydrogens (tertiary/aromatic N) is 1. The smallest absolute Gasteiger partial charge is 0.293 e. The van der Waals surface area contributed by atoms with Crippen LogP contribution in [0.4, 0.5) is 4.79 Å². The average molecular weight is 447 g/mol. The number of carbonyl (C=O) groups excluding carboxylic acids is 2. The van der Waals surface area contributed by atoms with E-state index < -0.39 is 0 Å². The van der Waals surface area contributed by atoms with Crippen LogP contribution in [0.1, 0.15) is 25.8 Å². The highest BCUT2D eigenvalue weighted by molar-refractivity contribution is 14.1. The van der Waals surface area contributed by atoms with Gasteiger partial charge in [0.05, 0.1) is 22.2 Å². The zero-order valence-corrected chi connectivity index (χ0v) is 16.2. The fourth-order valence-electron chi connectivity index (χ4n) is 2.18. The van der Waals surface area contributed by atoms with Crippen LogP contribution in [0, 0.1) is 3.57 Å². The van der Waals surface area contributed by atoms with E-state index in [-0.39, 0.29) is 11.1 Å². The van der Waals surface area contributed by atoms with Crippen LogP contribution in [-0.4, -0.2) is 36.3 Å². The Kier molecular flexibility index (Phi) is 6.34. The number of amides is 2. The molecule has 5 nitrogen and oxygen atoms in total. The summed E-state index contributed by atoms with van der Waals surface area (Å²) < 4.78 is 11.8. The summed E-state index contributed by atoms with van der Waals surface area (Å²) in [6, 6.07) is 3.71. The number of hydrogen-bond acceptors (Lipinski definition) is 5. The fraction of sp³-hybridized carbons (Fsp3) is 0.375. The number of rotatable bonds is 6. The average Bonchev–Trinajstić information content (AvgIpc) is 2.77. The van der Waals surface area contributed by atoms with E-state index in [0.717, 1.165) is 27.3 Å². The molecule has 1 aromatic rings. The first kappa shape index (κ1) is 18.1. The maximum atomic E-state index is 12.3. The minimum absolute atomic E-state index is 0.212. The molecule has 0 N–H and O–H groups in total. The third kappa shape index (κ3) is 4.00. The van der Waals surface area contributed by atoms with E-state index in [4.69, 9.17) is 9.47 Å². The molecule has 0 aliphatic carbocycles. The summed E-state index contributed by atoms with van der Waals surface area (Å²) in [6.07, 6.45) is 2.47. The predicted octanol–water partition coefficient (Wildman–Crippen LogP) is 4.14. The summed E-state index contributed by atoms with van der Waals surface area (Å²) in [6.45, 7) is 4.84. The summed E-state index contributed by atoms with van der Waals surface area (Å²) in [5.41, 5.74) is 0.803. The first-order chi connectivity index (χ1) is 11.0. The van der Waals surface area contributed by atoms with Crippen LogP contribution in [0.25, 0.3) is 6.08 Å². The van der Waals surface area contributed by atoms with Gasteiger partial charge in [-0.2, -0.15) is 0 Å². The van der Waals surface area contributed by atoms with E-state index in [9.17, 15) is 9.59 Å². The van der Waals surface area contributed by atoms with Gasteiger partial charge < -0.3 is 9.47 Å². The molecule has 1 heterocycles. The van der Waals surface area contributed by atoms with Crippen LogP contribution < -0.4 is 9.47 Å². The molecule has 0 atom stereocenters. The molecule has 1 aliphatic rings. The van der Waals surface area contributed by atoms with E-state index in [0.29, 0.717) is 29.6 Å². The third-order valence-corrected chi connectivity index (χ3v) is 4.87. The molecule has 0 radical (unpaired) electrons. The van der Waals surface area contributed by atoms with Crippen LogP contribution >= 0.6 is 34.4 Å². The van der Waals surface area contributed by atoms with E-state index >= 15 is 0 Å². The fourth-order valence-corrected chi connectivity index (χ4v) is 3.82. The van der Waals surface area contributed by atoms with Crippen molar-refractivity contribution in [3.05, 3.63) is 26.2 Å². The molecule has 7 heteroatoms. The van der Waals surface area contributed by atoms with Crippen molar-refractivity contribution in [2.75, 3.05) is 20.3 Å². The minimum atomic E-state index is -0.232. The summed E-state index contributed by atoms with van der Waals surface area (Å²) in [7, 11) is 1.58. The summed E-state index contributed by atoms with van der Waals surface area (Å²) >= 11 is 3.14. The van der Waals surface area contributed by atoms with Gasteiger partial charge in [0.15, 0.2) is 11.5 Å². The van der Waals surface area contributed by atoms with E-state index in [1.807, 2.05) is 19.9 Å². The van der Waals surface area contributed by atoms with Gasteiger partial charge in [-0.3, -0.25) is 14.5 Å². The molecule has 1 aliphatic heterocycles. The SMILES string of the molecule is CCCN1C(=O)S/C(=C\c2cc(I)c(OCC)c(OC)c2)C1=O. The topological polar surface area (TPSA) is 55.8 Å². The predicted molar refractivity (Wildman–Crippen MR) is 99.8 cm³/mol. The highest BCUT2D eigenvalue weighted by atomic mass is 127. The Morgan fingerprint density at radius 3 is 2.65 bits per heavy atom. The molecule has 0 saturated carbocycles. The summed E-state index contributed by atoms with van der Waals surface area (Å²) in [4.78, 5) is 25.9. The largest absolute Gasteiger partial charge is 0.493 e. The molecule has 1 saturated heterocycles. The zero-order valence-electron chi connectivity index (χ0n) is 13.2. The van der Waals surface area contributed by atoms with Crippen LogP contribution in [0.2, 0.25) is 0 Å². The van der Waals surface area contributed by atoms with Gasteiger partial charge in [-0.05, 0) is 71.5 Å². The van der Waals surface area contributed by atoms with Crippen LogP contribution in [0.3, 0.4) is 0 Å². The lowest BCUT2D eigenvalue weighted by molar-refractivity contribution is -0.122. The summed E-state index contributed by atoms with van der Waals surface area (Å²) in [5, 5.41) is -0.212. The van der Waals surface area contributed by atoms with Gasteiger partial charge in [-0.25, -0.2) is 0 Å². The second-order valence-corrected chi connectivity index (χ2v) is 6.96. The highest BCUT2D eigenvalue weighted by Gasteiger charge is 2.34. The maximum Gasteiger partial charge on any atom is 0.293 e. The Balaban J connectivity index is 2.34. The lowest BCUT2D eigenvalue weighted by atomic mass is 10.2. The number of carbonyl (C=O) groups is 2. The second kappa shape index (κ2) is 8.05. The number of thioether (sulfide) groups is 1. The van der Waals surface area contributed by atoms with Crippen molar-refractivity contribution in [2.45, 2.75) is 20.3 Å². The molecule has 0 bridgehead atoms.